The normalized spacial score (nSPS) is 11.1. The highest BCUT2D eigenvalue weighted by Crippen LogP contribution is 2.27. The number of hydrogen-bond donors (Lipinski definition) is 0. The van der Waals surface area contributed by atoms with Gasteiger partial charge in [-0.1, -0.05) is 65.9 Å². The van der Waals surface area contributed by atoms with Gasteiger partial charge in [0.2, 0.25) is 0 Å². The second-order valence-electron chi connectivity index (χ2n) is 8.04. The van der Waals surface area contributed by atoms with E-state index >= 15 is 0 Å². The first kappa shape index (κ1) is 22.0. The van der Waals surface area contributed by atoms with Crippen LogP contribution in [0.4, 0.5) is 0 Å². The standard InChI is InChI=1S/C25H21N7O3/c1-16-23(26-28-31(16)21-15-22(33)30(3)25(35)29(21)2)24(34)32-20(18-12-8-5-9-13-18)14-19(27-32)17-10-6-4-7-11-17/h4-15H,1-3H3. The van der Waals surface area contributed by atoms with E-state index in [4.69, 9.17) is 0 Å². The molecule has 0 aliphatic heterocycles. The Morgan fingerprint density at radius 3 is 2.11 bits per heavy atom. The van der Waals surface area contributed by atoms with Crippen LogP contribution in [0.1, 0.15) is 16.2 Å². The average Bonchev–Trinajstić information content (AvgIpc) is 3.50. The Morgan fingerprint density at radius 2 is 1.46 bits per heavy atom. The van der Waals surface area contributed by atoms with E-state index < -0.39 is 17.2 Å². The van der Waals surface area contributed by atoms with Gasteiger partial charge in [-0.25, -0.2) is 9.48 Å². The van der Waals surface area contributed by atoms with Gasteiger partial charge in [0.05, 0.1) is 17.1 Å². The molecular weight excluding hydrogens is 446 g/mol. The first-order chi connectivity index (χ1) is 16.9. The summed E-state index contributed by atoms with van der Waals surface area (Å²) in [7, 11) is 2.91. The molecular formula is C25H21N7O3. The quantitative estimate of drug-likeness (QED) is 0.401. The van der Waals surface area contributed by atoms with Crippen LogP contribution in [0.2, 0.25) is 0 Å². The lowest BCUT2D eigenvalue weighted by Crippen LogP contribution is -2.38. The number of aromatic nitrogens is 7. The number of nitrogens with zero attached hydrogens (tertiary/aromatic N) is 7. The molecule has 10 heteroatoms. The Balaban J connectivity index is 1.64. The first-order valence-electron chi connectivity index (χ1n) is 10.8. The number of benzene rings is 2. The highest BCUT2D eigenvalue weighted by atomic mass is 16.2. The summed E-state index contributed by atoms with van der Waals surface area (Å²) in [5.74, 6) is -0.278. The van der Waals surface area contributed by atoms with Crippen LogP contribution in [-0.4, -0.2) is 39.8 Å². The molecule has 0 aliphatic rings. The third-order valence-electron chi connectivity index (χ3n) is 5.86. The summed E-state index contributed by atoms with van der Waals surface area (Å²) in [4.78, 5) is 38.3. The highest BCUT2D eigenvalue weighted by Gasteiger charge is 2.25. The monoisotopic (exact) mass is 467 g/mol. The summed E-state index contributed by atoms with van der Waals surface area (Å²) in [5, 5.41) is 12.8. The van der Waals surface area contributed by atoms with Gasteiger partial charge in [-0.2, -0.15) is 9.78 Å². The molecule has 0 fully saturated rings. The SMILES string of the molecule is Cc1c(C(=O)n2nc(-c3ccccc3)cc2-c2ccccc2)nnn1-c1cc(=O)n(C)c(=O)n1C. The van der Waals surface area contributed by atoms with Crippen LogP contribution >= 0.6 is 0 Å². The fraction of sp³-hybridized carbons (Fsp3) is 0.120. The molecule has 0 bridgehead atoms. The van der Waals surface area contributed by atoms with E-state index in [2.05, 4.69) is 15.4 Å². The Hall–Kier alpha value is -4.86. The van der Waals surface area contributed by atoms with Gasteiger partial charge in [0.15, 0.2) is 5.69 Å². The van der Waals surface area contributed by atoms with Crippen molar-refractivity contribution in [2.24, 2.45) is 14.1 Å². The molecule has 35 heavy (non-hydrogen) atoms. The predicted molar refractivity (Wildman–Crippen MR) is 129 cm³/mol. The molecule has 0 saturated heterocycles. The fourth-order valence-corrected chi connectivity index (χ4v) is 3.87. The molecule has 0 unspecified atom stereocenters. The smallest absolute Gasteiger partial charge is 0.281 e. The minimum Gasteiger partial charge on any atom is -0.281 e. The Labute approximate surface area is 199 Å². The zero-order valence-corrected chi connectivity index (χ0v) is 19.3. The average molecular weight is 467 g/mol. The van der Waals surface area contributed by atoms with Crippen molar-refractivity contribution in [2.75, 3.05) is 0 Å². The van der Waals surface area contributed by atoms with Crippen LogP contribution in [0.5, 0.6) is 0 Å². The molecule has 2 aromatic carbocycles. The minimum atomic E-state index is -0.513. The van der Waals surface area contributed by atoms with E-state index in [1.807, 2.05) is 66.7 Å². The maximum Gasteiger partial charge on any atom is 0.332 e. The molecule has 0 aliphatic carbocycles. The lowest BCUT2D eigenvalue weighted by Gasteiger charge is -2.10. The topological polar surface area (TPSA) is 110 Å². The van der Waals surface area contributed by atoms with E-state index in [9.17, 15) is 14.4 Å². The summed E-state index contributed by atoms with van der Waals surface area (Å²) < 4.78 is 4.87. The summed E-state index contributed by atoms with van der Waals surface area (Å²) in [6.45, 7) is 1.65. The summed E-state index contributed by atoms with van der Waals surface area (Å²) in [5.41, 5.74) is 2.34. The molecule has 5 rings (SSSR count). The van der Waals surface area contributed by atoms with Crippen LogP contribution in [0.25, 0.3) is 28.3 Å². The largest absolute Gasteiger partial charge is 0.332 e. The van der Waals surface area contributed by atoms with Gasteiger partial charge in [-0.05, 0) is 13.0 Å². The fourth-order valence-electron chi connectivity index (χ4n) is 3.87. The van der Waals surface area contributed by atoms with Gasteiger partial charge in [-0.3, -0.25) is 18.7 Å². The van der Waals surface area contributed by atoms with Gasteiger partial charge in [0.1, 0.15) is 5.82 Å². The molecule has 10 nitrogen and oxygen atoms in total. The second kappa shape index (κ2) is 8.49. The number of carbonyl (C=O) groups excluding carboxylic acids is 1. The Morgan fingerprint density at radius 1 is 0.829 bits per heavy atom. The maximum atomic E-state index is 13.7. The molecule has 0 radical (unpaired) electrons. The van der Waals surface area contributed by atoms with E-state index in [0.29, 0.717) is 17.1 Å². The van der Waals surface area contributed by atoms with Crippen molar-refractivity contribution < 1.29 is 4.79 Å². The first-order valence-corrected chi connectivity index (χ1v) is 10.8. The lowest BCUT2D eigenvalue weighted by atomic mass is 10.1. The second-order valence-corrected chi connectivity index (χ2v) is 8.04. The van der Waals surface area contributed by atoms with Crippen molar-refractivity contribution in [1.82, 2.24) is 33.9 Å². The molecule has 0 N–H and O–H groups in total. The predicted octanol–water partition coefficient (Wildman–Crippen LogP) is 2.19. The lowest BCUT2D eigenvalue weighted by molar-refractivity contribution is 0.0941. The van der Waals surface area contributed by atoms with Crippen molar-refractivity contribution in [3.63, 3.8) is 0 Å². The van der Waals surface area contributed by atoms with Gasteiger partial charge in [-0.15, -0.1) is 5.10 Å². The van der Waals surface area contributed by atoms with Gasteiger partial charge >= 0.3 is 11.6 Å². The van der Waals surface area contributed by atoms with Crippen molar-refractivity contribution in [3.8, 4) is 28.3 Å². The van der Waals surface area contributed by atoms with Gasteiger partial charge in [0.25, 0.3) is 5.56 Å². The van der Waals surface area contributed by atoms with E-state index in [-0.39, 0.29) is 11.5 Å². The van der Waals surface area contributed by atoms with Gasteiger partial charge in [0, 0.05) is 31.3 Å². The zero-order valence-electron chi connectivity index (χ0n) is 19.3. The molecule has 0 atom stereocenters. The maximum absolute atomic E-state index is 13.7. The molecule has 0 saturated carbocycles. The van der Waals surface area contributed by atoms with Crippen molar-refractivity contribution in [3.05, 3.63) is 105 Å². The Kier molecular flexibility index (Phi) is 5.33. The molecule has 0 spiro atoms. The van der Waals surface area contributed by atoms with Crippen molar-refractivity contribution in [2.45, 2.75) is 6.92 Å². The van der Waals surface area contributed by atoms with Crippen molar-refractivity contribution >= 4 is 5.91 Å². The van der Waals surface area contributed by atoms with Crippen molar-refractivity contribution in [1.29, 1.82) is 0 Å². The van der Waals surface area contributed by atoms with E-state index in [0.717, 1.165) is 15.7 Å². The summed E-state index contributed by atoms with van der Waals surface area (Å²) >= 11 is 0. The number of rotatable bonds is 4. The minimum absolute atomic E-state index is 0.0537. The molecule has 3 heterocycles. The van der Waals surface area contributed by atoms with Crippen LogP contribution in [0.3, 0.4) is 0 Å². The zero-order chi connectivity index (χ0) is 24.7. The number of carbonyl (C=O) groups is 1. The Bertz CT molecular complexity index is 1680. The van der Waals surface area contributed by atoms with Crippen LogP contribution in [0.15, 0.2) is 82.4 Å². The number of hydrogen-bond acceptors (Lipinski definition) is 6. The van der Waals surface area contributed by atoms with Crippen LogP contribution < -0.4 is 11.2 Å². The molecule has 174 valence electrons. The van der Waals surface area contributed by atoms with E-state index in [1.165, 1.54) is 34.1 Å². The summed E-state index contributed by atoms with van der Waals surface area (Å²) in [6, 6.07) is 22.2. The van der Waals surface area contributed by atoms with Crippen LogP contribution in [0, 0.1) is 6.92 Å². The molecule has 0 amide bonds. The molecule has 5 aromatic rings. The van der Waals surface area contributed by atoms with Crippen LogP contribution in [-0.2, 0) is 14.1 Å². The third-order valence-corrected chi connectivity index (χ3v) is 5.86. The highest BCUT2D eigenvalue weighted by molar-refractivity contribution is 5.97. The van der Waals surface area contributed by atoms with E-state index in [1.54, 1.807) is 6.92 Å². The summed E-state index contributed by atoms with van der Waals surface area (Å²) in [6.07, 6.45) is 0. The molecule has 3 aromatic heterocycles. The third kappa shape index (κ3) is 3.70. The van der Waals surface area contributed by atoms with Gasteiger partial charge < -0.3 is 0 Å².